The molecule has 0 aromatic carbocycles. The summed E-state index contributed by atoms with van der Waals surface area (Å²) >= 11 is 0. The molecular formula is C44H81NO5. The van der Waals surface area contributed by atoms with Gasteiger partial charge in [0.2, 0.25) is 5.91 Å². The summed E-state index contributed by atoms with van der Waals surface area (Å²) in [6.07, 6.45) is 47.2. The molecule has 50 heavy (non-hydrogen) atoms. The minimum absolute atomic E-state index is 0.0203. The number of nitrogens with one attached hydrogen (secondary N) is 1. The fourth-order valence-electron chi connectivity index (χ4n) is 6.43. The van der Waals surface area contributed by atoms with Gasteiger partial charge >= 0.3 is 11.9 Å². The number of carbonyl (C=O) groups is 3. The molecule has 1 amide bonds. The Hall–Kier alpha value is -2.11. The van der Waals surface area contributed by atoms with Crippen LogP contribution in [0.3, 0.4) is 0 Å². The molecule has 0 saturated carbocycles. The zero-order valence-electron chi connectivity index (χ0n) is 33.0. The number of hydrogen-bond acceptors (Lipinski definition) is 4. The second-order valence-corrected chi connectivity index (χ2v) is 14.6. The Morgan fingerprint density at radius 2 is 0.920 bits per heavy atom. The first kappa shape index (κ1) is 47.9. The number of aliphatic carboxylic acids is 1. The lowest BCUT2D eigenvalue weighted by molar-refractivity contribution is -0.150. The number of carboxylic acid groups (broad SMARTS) is 1. The number of esters is 1. The summed E-state index contributed by atoms with van der Waals surface area (Å²) in [5, 5.41) is 11.1. The van der Waals surface area contributed by atoms with Crippen molar-refractivity contribution in [1.82, 2.24) is 5.32 Å². The van der Waals surface area contributed by atoms with Crippen molar-refractivity contribution in [3.8, 4) is 0 Å². The van der Waals surface area contributed by atoms with E-state index in [-0.39, 0.29) is 24.5 Å². The van der Waals surface area contributed by atoms with Crippen molar-refractivity contribution in [3.63, 3.8) is 0 Å². The molecule has 0 bridgehead atoms. The van der Waals surface area contributed by atoms with Crippen molar-refractivity contribution in [3.05, 3.63) is 24.3 Å². The monoisotopic (exact) mass is 704 g/mol. The zero-order chi connectivity index (χ0) is 36.6. The van der Waals surface area contributed by atoms with Gasteiger partial charge in [0.1, 0.15) is 12.6 Å². The maximum atomic E-state index is 12.7. The quantitative estimate of drug-likeness (QED) is 0.0378. The van der Waals surface area contributed by atoms with E-state index in [1.54, 1.807) is 0 Å². The fourth-order valence-corrected chi connectivity index (χ4v) is 6.43. The van der Waals surface area contributed by atoms with Crippen molar-refractivity contribution in [2.24, 2.45) is 0 Å². The summed E-state index contributed by atoms with van der Waals surface area (Å²) in [6.45, 7) is 4.21. The van der Waals surface area contributed by atoms with Gasteiger partial charge in [-0.3, -0.25) is 14.4 Å². The van der Waals surface area contributed by atoms with Crippen LogP contribution < -0.4 is 5.32 Å². The molecule has 2 N–H and O–H groups in total. The lowest BCUT2D eigenvalue weighted by atomic mass is 10.0. The van der Waals surface area contributed by atoms with Crippen molar-refractivity contribution in [2.45, 2.75) is 232 Å². The van der Waals surface area contributed by atoms with E-state index in [2.05, 4.69) is 43.5 Å². The van der Waals surface area contributed by atoms with E-state index in [1.165, 1.54) is 128 Å². The van der Waals surface area contributed by atoms with Gasteiger partial charge in [-0.25, -0.2) is 0 Å². The number of carboxylic acids is 1. The molecule has 0 fully saturated rings. The molecule has 6 heteroatoms. The van der Waals surface area contributed by atoms with Gasteiger partial charge in [-0.15, -0.1) is 0 Å². The predicted molar refractivity (Wildman–Crippen MR) is 213 cm³/mol. The molecule has 0 radical (unpaired) electrons. The first-order valence-electron chi connectivity index (χ1n) is 21.5. The number of rotatable bonds is 39. The molecule has 0 rings (SSSR count). The van der Waals surface area contributed by atoms with Crippen LogP contribution in [-0.2, 0) is 19.1 Å². The van der Waals surface area contributed by atoms with Crippen LogP contribution in [0.5, 0.6) is 0 Å². The lowest BCUT2D eigenvalue weighted by Gasteiger charge is -2.18. The van der Waals surface area contributed by atoms with Crippen LogP contribution in [-0.4, -0.2) is 35.6 Å². The topological polar surface area (TPSA) is 92.7 Å². The number of unbranched alkanes of at least 4 members (excludes halogenated alkanes) is 24. The second-order valence-electron chi connectivity index (χ2n) is 14.6. The Bertz CT molecular complexity index is 823. The standard InChI is InChI=1S/C44H81NO5/c1-3-5-7-9-11-13-15-16-17-18-19-20-22-24-26-31-35-39-44(49)50-41(36-32-28-25-23-21-14-12-10-8-6-4-2)37-33-29-27-30-34-38-42(46)45-40-43(47)48/h11,13,16-17,41H,3-10,12,14-15,18-40H2,1-2H3,(H,45,46)(H,47,48)/b13-11-,17-16-. The smallest absolute Gasteiger partial charge is 0.322 e. The lowest BCUT2D eigenvalue weighted by Crippen LogP contribution is -2.28. The Morgan fingerprint density at radius 3 is 1.42 bits per heavy atom. The number of ether oxygens (including phenoxy) is 1. The highest BCUT2D eigenvalue weighted by Crippen LogP contribution is 2.19. The zero-order valence-corrected chi connectivity index (χ0v) is 33.0. The Morgan fingerprint density at radius 1 is 0.520 bits per heavy atom. The van der Waals surface area contributed by atoms with Crippen molar-refractivity contribution < 1.29 is 24.2 Å². The summed E-state index contributed by atoms with van der Waals surface area (Å²) < 4.78 is 6.03. The number of carbonyl (C=O) groups excluding carboxylic acids is 2. The third kappa shape index (κ3) is 38.7. The first-order chi connectivity index (χ1) is 24.5. The Labute approximate surface area is 309 Å². The molecule has 292 valence electrons. The van der Waals surface area contributed by atoms with E-state index >= 15 is 0 Å². The van der Waals surface area contributed by atoms with Gasteiger partial charge in [-0.05, 0) is 70.6 Å². The van der Waals surface area contributed by atoms with Crippen LogP contribution in [0.15, 0.2) is 24.3 Å². The van der Waals surface area contributed by atoms with Gasteiger partial charge in [0, 0.05) is 12.8 Å². The SMILES string of the molecule is CCCCC/C=C\C/C=C\CCCCCCCCCC(=O)OC(CCCCCCCCCCCCC)CCCCCCCC(=O)NCC(=O)O. The van der Waals surface area contributed by atoms with Crippen molar-refractivity contribution in [2.75, 3.05) is 6.54 Å². The molecule has 0 aliphatic heterocycles. The van der Waals surface area contributed by atoms with Crippen LogP contribution in [0.2, 0.25) is 0 Å². The van der Waals surface area contributed by atoms with Gasteiger partial charge < -0.3 is 15.2 Å². The molecule has 0 spiro atoms. The van der Waals surface area contributed by atoms with Gasteiger partial charge in [-0.2, -0.15) is 0 Å². The van der Waals surface area contributed by atoms with E-state index in [1.807, 2.05) is 0 Å². The summed E-state index contributed by atoms with van der Waals surface area (Å²) in [6, 6.07) is 0. The van der Waals surface area contributed by atoms with Gasteiger partial charge in [0.05, 0.1) is 0 Å². The summed E-state index contributed by atoms with van der Waals surface area (Å²) in [7, 11) is 0. The summed E-state index contributed by atoms with van der Waals surface area (Å²) in [5.41, 5.74) is 0. The van der Waals surface area contributed by atoms with Crippen LogP contribution in [0.1, 0.15) is 226 Å². The van der Waals surface area contributed by atoms with E-state index in [0.29, 0.717) is 12.8 Å². The average Bonchev–Trinajstić information content (AvgIpc) is 3.10. The molecule has 0 heterocycles. The molecule has 0 saturated heterocycles. The molecule has 1 unspecified atom stereocenters. The van der Waals surface area contributed by atoms with Crippen LogP contribution >= 0.6 is 0 Å². The van der Waals surface area contributed by atoms with Crippen LogP contribution in [0.25, 0.3) is 0 Å². The summed E-state index contributed by atoms with van der Waals surface area (Å²) in [5.74, 6) is -1.23. The molecule has 0 aromatic rings. The molecule has 6 nitrogen and oxygen atoms in total. The Balaban J connectivity index is 4.13. The molecule has 0 aliphatic carbocycles. The molecule has 0 aromatic heterocycles. The van der Waals surface area contributed by atoms with E-state index in [4.69, 9.17) is 9.84 Å². The summed E-state index contributed by atoms with van der Waals surface area (Å²) in [4.78, 5) is 35.0. The predicted octanol–water partition coefficient (Wildman–Crippen LogP) is 13.1. The number of hydrogen-bond donors (Lipinski definition) is 2. The highest BCUT2D eigenvalue weighted by Gasteiger charge is 2.14. The third-order valence-corrected chi connectivity index (χ3v) is 9.63. The maximum absolute atomic E-state index is 12.7. The number of allylic oxidation sites excluding steroid dienone is 4. The van der Waals surface area contributed by atoms with Gasteiger partial charge in [0.15, 0.2) is 0 Å². The highest BCUT2D eigenvalue weighted by molar-refractivity contribution is 5.80. The minimum atomic E-state index is -1.02. The van der Waals surface area contributed by atoms with Crippen molar-refractivity contribution in [1.29, 1.82) is 0 Å². The van der Waals surface area contributed by atoms with Crippen molar-refractivity contribution >= 4 is 17.8 Å². The Kier molecular flexibility index (Phi) is 38.0. The molecular weight excluding hydrogens is 622 g/mol. The van der Waals surface area contributed by atoms with Crippen LogP contribution in [0, 0.1) is 0 Å². The highest BCUT2D eigenvalue weighted by atomic mass is 16.5. The maximum Gasteiger partial charge on any atom is 0.322 e. The average molecular weight is 704 g/mol. The largest absolute Gasteiger partial charge is 0.480 e. The van der Waals surface area contributed by atoms with Crippen LogP contribution in [0.4, 0.5) is 0 Å². The molecule has 1 atom stereocenters. The van der Waals surface area contributed by atoms with Gasteiger partial charge in [-0.1, -0.05) is 167 Å². The second kappa shape index (κ2) is 39.7. The third-order valence-electron chi connectivity index (χ3n) is 9.63. The van der Waals surface area contributed by atoms with Gasteiger partial charge in [0.25, 0.3) is 0 Å². The minimum Gasteiger partial charge on any atom is -0.480 e. The van der Waals surface area contributed by atoms with E-state index in [9.17, 15) is 14.4 Å². The molecule has 0 aliphatic rings. The first-order valence-corrected chi connectivity index (χ1v) is 21.5. The van der Waals surface area contributed by atoms with E-state index < -0.39 is 5.97 Å². The van der Waals surface area contributed by atoms with E-state index in [0.717, 1.165) is 70.6 Å². The number of amides is 1. The normalized spacial score (nSPS) is 12.2. The fraction of sp³-hybridized carbons (Fsp3) is 0.841.